The lowest BCUT2D eigenvalue weighted by atomic mass is 9.93. The van der Waals surface area contributed by atoms with E-state index in [0.29, 0.717) is 5.15 Å². The van der Waals surface area contributed by atoms with E-state index < -0.39 is 0 Å². The van der Waals surface area contributed by atoms with Gasteiger partial charge in [-0.05, 0) is 18.2 Å². The maximum Gasteiger partial charge on any atom is 0.154 e. The van der Waals surface area contributed by atoms with E-state index in [1.54, 1.807) is 10.9 Å². The van der Waals surface area contributed by atoms with Gasteiger partial charge in [-0.15, -0.1) is 0 Å². The van der Waals surface area contributed by atoms with E-state index in [4.69, 9.17) is 11.6 Å². The van der Waals surface area contributed by atoms with E-state index in [0.717, 1.165) is 11.4 Å². The minimum Gasteiger partial charge on any atom is -0.242 e. The van der Waals surface area contributed by atoms with Crippen LogP contribution in [-0.4, -0.2) is 14.8 Å². The van der Waals surface area contributed by atoms with Crippen LogP contribution in [-0.2, 0) is 5.41 Å². The molecule has 16 heavy (non-hydrogen) atoms. The second kappa shape index (κ2) is 3.91. The molecule has 2 heterocycles. The molecule has 0 saturated heterocycles. The highest BCUT2D eigenvalue weighted by molar-refractivity contribution is 6.31. The smallest absolute Gasteiger partial charge is 0.154 e. The van der Waals surface area contributed by atoms with Crippen LogP contribution in [0.1, 0.15) is 26.5 Å². The molecule has 0 unspecified atom stereocenters. The summed E-state index contributed by atoms with van der Waals surface area (Å²) in [4.78, 5) is 4.03. The Balaban J connectivity index is 2.44. The molecule has 2 aromatic heterocycles. The standard InChI is InChI=1S/C12H14ClN3/c1-12(2,3)10-6-8-16(15-10)9-5-4-7-14-11(9)13/h4-8H,1-3H3. The Morgan fingerprint density at radius 3 is 2.56 bits per heavy atom. The zero-order valence-corrected chi connectivity index (χ0v) is 10.4. The molecule has 84 valence electrons. The van der Waals surface area contributed by atoms with Crippen LogP contribution in [0.2, 0.25) is 5.15 Å². The van der Waals surface area contributed by atoms with Gasteiger partial charge in [0.1, 0.15) is 5.69 Å². The second-order valence-electron chi connectivity index (χ2n) is 4.71. The van der Waals surface area contributed by atoms with Crippen molar-refractivity contribution in [2.75, 3.05) is 0 Å². The van der Waals surface area contributed by atoms with Crippen LogP contribution in [0, 0.1) is 0 Å². The summed E-state index contributed by atoms with van der Waals surface area (Å²) < 4.78 is 1.76. The summed E-state index contributed by atoms with van der Waals surface area (Å²) in [5.74, 6) is 0. The van der Waals surface area contributed by atoms with Gasteiger partial charge < -0.3 is 0 Å². The predicted molar refractivity (Wildman–Crippen MR) is 65.1 cm³/mol. The molecule has 0 amide bonds. The first-order valence-corrected chi connectivity index (χ1v) is 5.53. The van der Waals surface area contributed by atoms with Crippen molar-refractivity contribution in [2.45, 2.75) is 26.2 Å². The van der Waals surface area contributed by atoms with Crippen molar-refractivity contribution in [1.82, 2.24) is 14.8 Å². The Bertz CT molecular complexity index is 497. The maximum atomic E-state index is 6.01. The Morgan fingerprint density at radius 1 is 1.25 bits per heavy atom. The van der Waals surface area contributed by atoms with Crippen molar-refractivity contribution < 1.29 is 0 Å². The summed E-state index contributed by atoms with van der Waals surface area (Å²) in [7, 11) is 0. The molecule has 0 fully saturated rings. The fourth-order valence-corrected chi connectivity index (χ4v) is 1.61. The van der Waals surface area contributed by atoms with Gasteiger partial charge in [0.05, 0.1) is 5.69 Å². The van der Waals surface area contributed by atoms with Gasteiger partial charge in [0.15, 0.2) is 5.15 Å². The molecular formula is C12H14ClN3. The molecule has 0 aromatic carbocycles. The minimum atomic E-state index is 0.0416. The summed E-state index contributed by atoms with van der Waals surface area (Å²) in [6.07, 6.45) is 3.57. The molecule has 0 aliphatic rings. The average molecular weight is 236 g/mol. The number of rotatable bonds is 1. The van der Waals surface area contributed by atoms with Crippen molar-refractivity contribution in [2.24, 2.45) is 0 Å². The third kappa shape index (κ3) is 2.09. The monoisotopic (exact) mass is 235 g/mol. The summed E-state index contributed by atoms with van der Waals surface area (Å²) >= 11 is 6.01. The van der Waals surface area contributed by atoms with Crippen molar-refractivity contribution >= 4 is 11.6 Å². The molecular weight excluding hydrogens is 222 g/mol. The van der Waals surface area contributed by atoms with E-state index >= 15 is 0 Å². The van der Waals surface area contributed by atoms with Gasteiger partial charge in [-0.2, -0.15) is 5.10 Å². The Kier molecular flexibility index (Phi) is 2.72. The predicted octanol–water partition coefficient (Wildman–Crippen LogP) is 3.22. The molecule has 0 N–H and O–H groups in total. The number of aromatic nitrogens is 3. The van der Waals surface area contributed by atoms with Crippen LogP contribution in [0.5, 0.6) is 0 Å². The van der Waals surface area contributed by atoms with E-state index in [1.165, 1.54) is 0 Å². The minimum absolute atomic E-state index is 0.0416. The lowest BCUT2D eigenvalue weighted by Gasteiger charge is -2.14. The fourth-order valence-electron chi connectivity index (χ4n) is 1.41. The highest BCUT2D eigenvalue weighted by atomic mass is 35.5. The van der Waals surface area contributed by atoms with Crippen molar-refractivity contribution in [3.05, 3.63) is 41.4 Å². The van der Waals surface area contributed by atoms with Gasteiger partial charge in [0.2, 0.25) is 0 Å². The lowest BCUT2D eigenvalue weighted by Crippen LogP contribution is -2.12. The first kappa shape index (κ1) is 11.1. The molecule has 0 bridgehead atoms. The topological polar surface area (TPSA) is 30.7 Å². The fraction of sp³-hybridized carbons (Fsp3) is 0.333. The van der Waals surface area contributed by atoms with Gasteiger partial charge >= 0.3 is 0 Å². The number of nitrogens with zero attached hydrogens (tertiary/aromatic N) is 3. The van der Waals surface area contributed by atoms with E-state index in [-0.39, 0.29) is 5.41 Å². The van der Waals surface area contributed by atoms with E-state index in [9.17, 15) is 0 Å². The largest absolute Gasteiger partial charge is 0.242 e. The molecule has 0 aliphatic carbocycles. The van der Waals surface area contributed by atoms with Crippen molar-refractivity contribution in [3.63, 3.8) is 0 Å². The zero-order chi connectivity index (χ0) is 11.8. The van der Waals surface area contributed by atoms with Crippen LogP contribution in [0.15, 0.2) is 30.6 Å². The SMILES string of the molecule is CC(C)(C)c1ccn(-c2cccnc2Cl)n1. The van der Waals surface area contributed by atoms with Crippen LogP contribution in [0.4, 0.5) is 0 Å². The highest BCUT2D eigenvalue weighted by Gasteiger charge is 2.17. The highest BCUT2D eigenvalue weighted by Crippen LogP contribution is 2.22. The second-order valence-corrected chi connectivity index (χ2v) is 5.07. The molecule has 2 rings (SSSR count). The van der Waals surface area contributed by atoms with Crippen LogP contribution in [0.3, 0.4) is 0 Å². The first-order chi connectivity index (χ1) is 7.48. The normalized spacial score (nSPS) is 11.8. The van der Waals surface area contributed by atoms with E-state index in [1.807, 2.05) is 24.4 Å². The first-order valence-electron chi connectivity index (χ1n) is 5.15. The number of hydrogen-bond donors (Lipinski definition) is 0. The molecule has 0 aliphatic heterocycles. The average Bonchev–Trinajstić information content (AvgIpc) is 2.66. The molecule has 3 nitrogen and oxygen atoms in total. The van der Waals surface area contributed by atoms with Gasteiger partial charge in [0, 0.05) is 17.8 Å². The summed E-state index contributed by atoms with van der Waals surface area (Å²) in [6.45, 7) is 6.39. The van der Waals surface area contributed by atoms with Gasteiger partial charge in [-0.3, -0.25) is 0 Å². The third-order valence-corrected chi connectivity index (χ3v) is 2.63. The zero-order valence-electron chi connectivity index (χ0n) is 9.61. The van der Waals surface area contributed by atoms with E-state index in [2.05, 4.69) is 30.9 Å². The molecule has 0 saturated carbocycles. The van der Waals surface area contributed by atoms with Crippen molar-refractivity contribution in [1.29, 1.82) is 0 Å². The van der Waals surface area contributed by atoms with Gasteiger partial charge in [-0.1, -0.05) is 32.4 Å². The van der Waals surface area contributed by atoms with Crippen molar-refractivity contribution in [3.8, 4) is 5.69 Å². The molecule has 0 spiro atoms. The lowest BCUT2D eigenvalue weighted by molar-refractivity contribution is 0.560. The molecule has 4 heteroatoms. The summed E-state index contributed by atoms with van der Waals surface area (Å²) in [6, 6.07) is 5.75. The Labute approximate surface area is 100 Å². The maximum absolute atomic E-state index is 6.01. The summed E-state index contributed by atoms with van der Waals surface area (Å²) in [5, 5.41) is 4.97. The summed E-state index contributed by atoms with van der Waals surface area (Å²) in [5.41, 5.74) is 1.88. The third-order valence-electron chi connectivity index (χ3n) is 2.34. The number of pyridine rings is 1. The van der Waals surface area contributed by atoms with Gasteiger partial charge in [-0.25, -0.2) is 9.67 Å². The van der Waals surface area contributed by atoms with Crippen LogP contribution >= 0.6 is 11.6 Å². The number of halogens is 1. The molecule has 0 atom stereocenters. The van der Waals surface area contributed by atoms with Gasteiger partial charge in [0.25, 0.3) is 0 Å². The van der Waals surface area contributed by atoms with Crippen LogP contribution in [0.25, 0.3) is 5.69 Å². The quantitative estimate of drug-likeness (QED) is 0.711. The molecule has 0 radical (unpaired) electrons. The van der Waals surface area contributed by atoms with Crippen LogP contribution < -0.4 is 0 Å². The number of hydrogen-bond acceptors (Lipinski definition) is 2. The Morgan fingerprint density at radius 2 is 2.00 bits per heavy atom. The molecule has 2 aromatic rings. The Hall–Kier alpha value is -1.35.